The van der Waals surface area contributed by atoms with Crippen molar-refractivity contribution in [2.75, 3.05) is 11.6 Å². The minimum atomic E-state index is 0.160. The van der Waals surface area contributed by atoms with E-state index in [-0.39, 0.29) is 5.41 Å². The highest BCUT2D eigenvalue weighted by Gasteiger charge is 2.28. The third-order valence-electron chi connectivity index (χ3n) is 3.45. The molecule has 0 radical (unpaired) electrons. The van der Waals surface area contributed by atoms with E-state index in [0.29, 0.717) is 0 Å². The zero-order chi connectivity index (χ0) is 13.5. The van der Waals surface area contributed by atoms with Gasteiger partial charge < -0.3 is 10.2 Å². The minimum absolute atomic E-state index is 0.160. The van der Waals surface area contributed by atoms with Gasteiger partial charge in [-0.3, -0.25) is 0 Å². The smallest absolute Gasteiger partial charge is 0.0919 e. The van der Waals surface area contributed by atoms with E-state index in [0.717, 1.165) is 6.67 Å². The lowest BCUT2D eigenvalue weighted by atomic mass is 9.91. The second-order valence-corrected chi connectivity index (χ2v) is 6.32. The van der Waals surface area contributed by atoms with Gasteiger partial charge in [-0.25, -0.2) is 0 Å². The highest BCUT2D eigenvalue weighted by Crippen LogP contribution is 2.37. The molecule has 0 amide bonds. The van der Waals surface area contributed by atoms with Crippen LogP contribution in [0.4, 0.5) is 5.69 Å². The molecule has 0 spiro atoms. The van der Waals surface area contributed by atoms with Gasteiger partial charge in [-0.05, 0) is 31.9 Å². The van der Waals surface area contributed by atoms with Gasteiger partial charge in [-0.2, -0.15) is 0 Å². The number of nitrogens with one attached hydrogen (secondary N) is 1. The molecule has 0 aliphatic carbocycles. The topological polar surface area (TPSA) is 15.3 Å². The van der Waals surface area contributed by atoms with Crippen molar-refractivity contribution in [3.63, 3.8) is 0 Å². The number of benzene rings is 1. The van der Waals surface area contributed by atoms with Crippen LogP contribution in [-0.4, -0.2) is 6.67 Å². The highest BCUT2D eigenvalue weighted by atomic mass is 15.3. The van der Waals surface area contributed by atoms with Crippen LogP contribution in [0.1, 0.15) is 37.5 Å². The third kappa shape index (κ3) is 2.24. The summed E-state index contributed by atoms with van der Waals surface area (Å²) in [7, 11) is 0. The Hall–Kier alpha value is -1.44. The van der Waals surface area contributed by atoms with Crippen molar-refractivity contribution in [1.29, 1.82) is 0 Å². The molecule has 1 aromatic rings. The summed E-state index contributed by atoms with van der Waals surface area (Å²) in [5, 5.41) is 3.36. The van der Waals surface area contributed by atoms with E-state index >= 15 is 0 Å². The first kappa shape index (κ1) is 13.0. The van der Waals surface area contributed by atoms with Gasteiger partial charge in [-0.1, -0.05) is 38.5 Å². The number of nitrogens with zero attached hydrogens (tertiary/aromatic N) is 1. The first-order chi connectivity index (χ1) is 8.30. The Morgan fingerprint density at radius 3 is 2.11 bits per heavy atom. The van der Waals surface area contributed by atoms with Crippen LogP contribution in [0.2, 0.25) is 0 Å². The Morgan fingerprint density at radius 1 is 1.06 bits per heavy atom. The van der Waals surface area contributed by atoms with Gasteiger partial charge in [-0.15, -0.1) is 0 Å². The predicted octanol–water partition coefficient (Wildman–Crippen LogP) is 3.87. The number of hydrogen-bond donors (Lipinski definition) is 1. The molecular formula is C16H24N2. The lowest BCUT2D eigenvalue weighted by Crippen LogP contribution is -2.30. The summed E-state index contributed by atoms with van der Waals surface area (Å²) < 4.78 is 0. The van der Waals surface area contributed by atoms with Gasteiger partial charge in [0, 0.05) is 23.0 Å². The molecule has 2 nitrogen and oxygen atoms in total. The van der Waals surface area contributed by atoms with Crippen molar-refractivity contribution >= 4 is 5.69 Å². The molecule has 18 heavy (non-hydrogen) atoms. The maximum Gasteiger partial charge on any atom is 0.0919 e. The fourth-order valence-electron chi connectivity index (χ4n) is 2.82. The van der Waals surface area contributed by atoms with E-state index < -0.39 is 0 Å². The van der Waals surface area contributed by atoms with Crippen LogP contribution in [0, 0.1) is 26.2 Å². The molecule has 0 saturated carbocycles. The molecule has 98 valence electrons. The molecule has 0 fully saturated rings. The standard InChI is InChI=1S/C16H24N2/c1-11-7-12(2)15(13(3)8-11)18-10-17-9-14(18)16(4,5)6/h7-9,17H,10H2,1-6H3. The van der Waals surface area contributed by atoms with Crippen LogP contribution >= 0.6 is 0 Å². The van der Waals surface area contributed by atoms with Crippen LogP contribution < -0.4 is 10.2 Å². The molecule has 0 unspecified atom stereocenters. The third-order valence-corrected chi connectivity index (χ3v) is 3.45. The maximum atomic E-state index is 3.36. The summed E-state index contributed by atoms with van der Waals surface area (Å²) in [4.78, 5) is 2.41. The second kappa shape index (κ2) is 4.34. The number of hydrogen-bond acceptors (Lipinski definition) is 2. The first-order valence-corrected chi connectivity index (χ1v) is 6.60. The van der Waals surface area contributed by atoms with Crippen molar-refractivity contribution in [2.24, 2.45) is 5.41 Å². The van der Waals surface area contributed by atoms with E-state index in [9.17, 15) is 0 Å². The van der Waals surface area contributed by atoms with E-state index in [1.165, 1.54) is 28.1 Å². The van der Waals surface area contributed by atoms with Crippen molar-refractivity contribution in [1.82, 2.24) is 5.32 Å². The van der Waals surface area contributed by atoms with E-state index in [1.807, 2.05) is 0 Å². The van der Waals surface area contributed by atoms with Gasteiger partial charge >= 0.3 is 0 Å². The molecule has 0 bridgehead atoms. The molecule has 0 aromatic heterocycles. The van der Waals surface area contributed by atoms with Crippen LogP contribution in [0.3, 0.4) is 0 Å². The predicted molar refractivity (Wildman–Crippen MR) is 78.7 cm³/mol. The number of rotatable bonds is 1. The summed E-state index contributed by atoms with van der Waals surface area (Å²) in [6.07, 6.45) is 2.15. The molecule has 1 heterocycles. The van der Waals surface area contributed by atoms with Crippen LogP contribution in [0.25, 0.3) is 0 Å². The molecule has 1 N–H and O–H groups in total. The van der Waals surface area contributed by atoms with Crippen molar-refractivity contribution < 1.29 is 0 Å². The minimum Gasteiger partial charge on any atom is -0.372 e. The lowest BCUT2D eigenvalue weighted by Gasteiger charge is -2.32. The van der Waals surface area contributed by atoms with Crippen molar-refractivity contribution in [3.05, 3.63) is 40.7 Å². The van der Waals surface area contributed by atoms with Gasteiger partial charge in [0.25, 0.3) is 0 Å². The summed E-state index contributed by atoms with van der Waals surface area (Å²) >= 11 is 0. The monoisotopic (exact) mass is 244 g/mol. The summed E-state index contributed by atoms with van der Waals surface area (Å²) in [6.45, 7) is 14.2. The average molecular weight is 244 g/mol. The Labute approximate surface area is 111 Å². The Kier molecular flexibility index (Phi) is 3.14. The molecule has 2 heteroatoms. The van der Waals surface area contributed by atoms with Gasteiger partial charge in [0.2, 0.25) is 0 Å². The zero-order valence-corrected chi connectivity index (χ0v) is 12.4. The van der Waals surface area contributed by atoms with Gasteiger partial charge in [0.15, 0.2) is 0 Å². The molecule has 2 rings (SSSR count). The number of aryl methyl sites for hydroxylation is 3. The van der Waals surface area contributed by atoms with E-state index in [1.54, 1.807) is 0 Å². The van der Waals surface area contributed by atoms with Crippen molar-refractivity contribution in [3.8, 4) is 0 Å². The molecule has 0 atom stereocenters. The largest absolute Gasteiger partial charge is 0.372 e. The quantitative estimate of drug-likeness (QED) is 0.807. The van der Waals surface area contributed by atoms with Crippen LogP contribution in [0.15, 0.2) is 24.0 Å². The molecule has 0 saturated heterocycles. The van der Waals surface area contributed by atoms with E-state index in [4.69, 9.17) is 0 Å². The Balaban J connectivity index is 2.48. The van der Waals surface area contributed by atoms with Gasteiger partial charge in [0.1, 0.15) is 0 Å². The normalized spacial score (nSPS) is 15.7. The second-order valence-electron chi connectivity index (χ2n) is 6.32. The average Bonchev–Trinajstić information content (AvgIpc) is 2.63. The van der Waals surface area contributed by atoms with E-state index in [2.05, 4.69) is 70.1 Å². The van der Waals surface area contributed by atoms with Crippen LogP contribution in [-0.2, 0) is 0 Å². The van der Waals surface area contributed by atoms with Gasteiger partial charge in [0.05, 0.1) is 6.67 Å². The molecule has 1 aliphatic heterocycles. The number of anilines is 1. The summed E-state index contributed by atoms with van der Waals surface area (Å²) in [5.74, 6) is 0. The molecular weight excluding hydrogens is 220 g/mol. The first-order valence-electron chi connectivity index (χ1n) is 6.60. The highest BCUT2D eigenvalue weighted by molar-refractivity contribution is 5.65. The zero-order valence-electron chi connectivity index (χ0n) is 12.4. The maximum absolute atomic E-state index is 3.36. The fraction of sp³-hybridized carbons (Fsp3) is 0.500. The Bertz CT molecular complexity index is 469. The summed E-state index contributed by atoms with van der Waals surface area (Å²) in [5.41, 5.74) is 6.91. The van der Waals surface area contributed by atoms with Crippen molar-refractivity contribution in [2.45, 2.75) is 41.5 Å². The lowest BCUT2D eigenvalue weighted by molar-refractivity contribution is 0.491. The fourth-order valence-corrected chi connectivity index (χ4v) is 2.82. The van der Waals surface area contributed by atoms with Crippen LogP contribution in [0.5, 0.6) is 0 Å². The number of allylic oxidation sites excluding steroid dienone is 1. The SMILES string of the molecule is Cc1cc(C)c(N2CNC=C2C(C)(C)C)c(C)c1. The molecule has 1 aromatic carbocycles. The molecule has 1 aliphatic rings. The summed E-state index contributed by atoms with van der Waals surface area (Å²) in [6, 6.07) is 4.53. The Morgan fingerprint density at radius 2 is 1.61 bits per heavy atom.